The van der Waals surface area contributed by atoms with E-state index in [2.05, 4.69) is 6.92 Å². The maximum absolute atomic E-state index is 12.7. The molecule has 0 spiro atoms. The fraction of sp³-hybridized carbons (Fsp3) is 1.00. The van der Waals surface area contributed by atoms with Crippen molar-refractivity contribution in [3.05, 3.63) is 0 Å². The summed E-state index contributed by atoms with van der Waals surface area (Å²) < 4.78 is 12.7. The van der Waals surface area contributed by atoms with E-state index in [-0.39, 0.29) is 6.04 Å². The first kappa shape index (κ1) is 7.00. The molecule has 0 aromatic carbocycles. The highest BCUT2D eigenvalue weighted by Crippen LogP contribution is 2.24. The molecule has 3 atom stereocenters. The summed E-state index contributed by atoms with van der Waals surface area (Å²) in [5.74, 6) is 0.541. The van der Waals surface area contributed by atoms with Crippen LogP contribution in [0, 0.1) is 5.92 Å². The van der Waals surface area contributed by atoms with E-state index in [0.717, 1.165) is 12.8 Å². The lowest BCUT2D eigenvalue weighted by atomic mass is 9.86. The normalized spacial score (nSPS) is 45.0. The van der Waals surface area contributed by atoms with Gasteiger partial charge in [0.05, 0.1) is 0 Å². The third kappa shape index (κ3) is 1.65. The van der Waals surface area contributed by atoms with Crippen LogP contribution in [0.2, 0.25) is 0 Å². The van der Waals surface area contributed by atoms with Crippen molar-refractivity contribution in [2.75, 3.05) is 0 Å². The SMILES string of the molecule is CC1CCC(N)C(F)C1. The van der Waals surface area contributed by atoms with E-state index in [4.69, 9.17) is 5.73 Å². The molecule has 0 aliphatic heterocycles. The van der Waals surface area contributed by atoms with E-state index in [1.807, 2.05) is 0 Å². The van der Waals surface area contributed by atoms with Crippen molar-refractivity contribution in [3.8, 4) is 0 Å². The first-order chi connectivity index (χ1) is 4.20. The number of halogens is 1. The fourth-order valence-corrected chi connectivity index (χ4v) is 1.33. The predicted octanol–water partition coefficient (Wildman–Crippen LogP) is 1.47. The molecule has 1 rings (SSSR count). The van der Waals surface area contributed by atoms with Gasteiger partial charge >= 0.3 is 0 Å². The van der Waals surface area contributed by atoms with Crippen LogP contribution < -0.4 is 5.73 Å². The summed E-state index contributed by atoms with van der Waals surface area (Å²) in [6.07, 6.45) is 1.89. The van der Waals surface area contributed by atoms with Gasteiger partial charge in [-0.1, -0.05) is 6.92 Å². The van der Waals surface area contributed by atoms with Crippen LogP contribution in [0.4, 0.5) is 4.39 Å². The van der Waals surface area contributed by atoms with Crippen molar-refractivity contribution in [3.63, 3.8) is 0 Å². The van der Waals surface area contributed by atoms with Gasteiger partial charge in [-0.3, -0.25) is 0 Å². The van der Waals surface area contributed by atoms with Crippen molar-refractivity contribution in [1.29, 1.82) is 0 Å². The largest absolute Gasteiger partial charge is 0.325 e. The highest BCUT2D eigenvalue weighted by Gasteiger charge is 2.24. The average molecular weight is 131 g/mol. The topological polar surface area (TPSA) is 26.0 Å². The third-order valence-electron chi connectivity index (χ3n) is 2.08. The number of hydrogen-bond donors (Lipinski definition) is 1. The molecule has 1 aliphatic rings. The molecule has 1 fully saturated rings. The Hall–Kier alpha value is -0.110. The smallest absolute Gasteiger partial charge is 0.115 e. The molecule has 1 nitrogen and oxygen atoms in total. The van der Waals surface area contributed by atoms with E-state index in [1.165, 1.54) is 0 Å². The Bertz CT molecular complexity index is 94.9. The minimum absolute atomic E-state index is 0.179. The first-order valence-corrected chi connectivity index (χ1v) is 3.60. The van der Waals surface area contributed by atoms with Gasteiger partial charge in [-0.15, -0.1) is 0 Å². The van der Waals surface area contributed by atoms with Gasteiger partial charge in [-0.2, -0.15) is 0 Å². The highest BCUT2D eigenvalue weighted by atomic mass is 19.1. The molecule has 3 unspecified atom stereocenters. The van der Waals surface area contributed by atoms with Gasteiger partial charge in [0, 0.05) is 6.04 Å². The molecule has 0 radical (unpaired) electrons. The van der Waals surface area contributed by atoms with Gasteiger partial charge in [0.1, 0.15) is 6.17 Å². The molecule has 2 heteroatoms. The molecule has 2 N–H and O–H groups in total. The van der Waals surface area contributed by atoms with Crippen molar-refractivity contribution in [2.45, 2.75) is 38.4 Å². The molecular weight excluding hydrogens is 117 g/mol. The average Bonchev–Trinajstić information content (AvgIpc) is 1.80. The van der Waals surface area contributed by atoms with Crippen LogP contribution >= 0.6 is 0 Å². The van der Waals surface area contributed by atoms with Crippen molar-refractivity contribution >= 4 is 0 Å². The van der Waals surface area contributed by atoms with E-state index in [9.17, 15) is 4.39 Å². The Morgan fingerprint density at radius 1 is 1.44 bits per heavy atom. The fourth-order valence-electron chi connectivity index (χ4n) is 1.33. The monoisotopic (exact) mass is 131 g/mol. The standard InChI is InChI=1S/C7H14FN/c1-5-2-3-7(9)6(8)4-5/h5-7H,2-4,9H2,1H3. The predicted molar refractivity (Wildman–Crippen MR) is 35.9 cm³/mol. The number of alkyl halides is 1. The maximum atomic E-state index is 12.7. The molecule has 0 amide bonds. The Morgan fingerprint density at radius 3 is 2.56 bits per heavy atom. The quantitative estimate of drug-likeness (QED) is 0.529. The lowest BCUT2D eigenvalue weighted by molar-refractivity contribution is 0.179. The molecular formula is C7H14FN. The van der Waals surface area contributed by atoms with Gasteiger partial charge in [-0.25, -0.2) is 4.39 Å². The van der Waals surface area contributed by atoms with E-state index in [1.54, 1.807) is 0 Å². The van der Waals surface area contributed by atoms with Gasteiger partial charge < -0.3 is 5.73 Å². The van der Waals surface area contributed by atoms with Gasteiger partial charge in [0.15, 0.2) is 0 Å². The maximum Gasteiger partial charge on any atom is 0.115 e. The Morgan fingerprint density at radius 2 is 2.11 bits per heavy atom. The number of nitrogens with two attached hydrogens (primary N) is 1. The summed E-state index contributed by atoms with van der Waals surface area (Å²) in [7, 11) is 0. The summed E-state index contributed by atoms with van der Waals surface area (Å²) in [5.41, 5.74) is 5.47. The molecule has 54 valence electrons. The van der Waals surface area contributed by atoms with Crippen LogP contribution in [0.25, 0.3) is 0 Å². The summed E-state index contributed by atoms with van der Waals surface area (Å²) in [6, 6.07) is -0.179. The molecule has 9 heavy (non-hydrogen) atoms. The zero-order valence-electron chi connectivity index (χ0n) is 5.81. The van der Waals surface area contributed by atoms with Crippen LogP contribution in [0.1, 0.15) is 26.2 Å². The van der Waals surface area contributed by atoms with Crippen LogP contribution in [-0.2, 0) is 0 Å². The zero-order valence-corrected chi connectivity index (χ0v) is 5.81. The van der Waals surface area contributed by atoms with Crippen molar-refractivity contribution in [2.24, 2.45) is 11.7 Å². The molecule has 0 aromatic rings. The minimum Gasteiger partial charge on any atom is -0.325 e. The Kier molecular flexibility index (Phi) is 2.06. The lowest BCUT2D eigenvalue weighted by Crippen LogP contribution is -2.36. The van der Waals surface area contributed by atoms with Crippen molar-refractivity contribution < 1.29 is 4.39 Å². The summed E-state index contributed by atoms with van der Waals surface area (Å²) in [5, 5.41) is 0. The van der Waals surface area contributed by atoms with Gasteiger partial charge in [0.2, 0.25) is 0 Å². The molecule has 0 aromatic heterocycles. The van der Waals surface area contributed by atoms with E-state index in [0.29, 0.717) is 12.3 Å². The summed E-state index contributed by atoms with van der Waals surface area (Å²) >= 11 is 0. The third-order valence-corrected chi connectivity index (χ3v) is 2.08. The molecule has 0 saturated heterocycles. The molecule has 1 saturated carbocycles. The van der Waals surface area contributed by atoms with E-state index >= 15 is 0 Å². The summed E-state index contributed by atoms with van der Waals surface area (Å²) in [6.45, 7) is 2.08. The van der Waals surface area contributed by atoms with Gasteiger partial charge in [0.25, 0.3) is 0 Å². The Labute approximate surface area is 55.4 Å². The summed E-state index contributed by atoms with van der Waals surface area (Å²) in [4.78, 5) is 0. The van der Waals surface area contributed by atoms with Crippen LogP contribution in [0.3, 0.4) is 0 Å². The zero-order chi connectivity index (χ0) is 6.85. The number of rotatable bonds is 0. The van der Waals surface area contributed by atoms with Crippen LogP contribution in [-0.4, -0.2) is 12.2 Å². The second kappa shape index (κ2) is 2.65. The minimum atomic E-state index is -0.742. The highest BCUT2D eigenvalue weighted by molar-refractivity contribution is 4.80. The van der Waals surface area contributed by atoms with Crippen molar-refractivity contribution in [1.82, 2.24) is 0 Å². The van der Waals surface area contributed by atoms with E-state index < -0.39 is 6.17 Å². The second-order valence-electron chi connectivity index (χ2n) is 3.10. The second-order valence-corrected chi connectivity index (χ2v) is 3.10. The van der Waals surface area contributed by atoms with Gasteiger partial charge in [-0.05, 0) is 25.2 Å². The first-order valence-electron chi connectivity index (χ1n) is 3.60. The van der Waals surface area contributed by atoms with Crippen LogP contribution in [0.5, 0.6) is 0 Å². The molecule has 0 bridgehead atoms. The lowest BCUT2D eigenvalue weighted by Gasteiger charge is -2.26. The number of hydrogen-bond acceptors (Lipinski definition) is 1. The molecule has 0 heterocycles. The molecule has 1 aliphatic carbocycles. The Balaban J connectivity index is 2.35. The van der Waals surface area contributed by atoms with Crippen LogP contribution in [0.15, 0.2) is 0 Å².